The zero-order valence-electron chi connectivity index (χ0n) is 10.7. The lowest BCUT2D eigenvalue weighted by molar-refractivity contribution is -0.121. The Morgan fingerprint density at radius 1 is 1.53 bits per heavy atom. The summed E-state index contributed by atoms with van der Waals surface area (Å²) in [4.78, 5) is 11.5. The molecule has 1 aromatic rings. The van der Waals surface area contributed by atoms with E-state index in [-0.39, 0.29) is 11.9 Å². The van der Waals surface area contributed by atoms with E-state index in [9.17, 15) is 4.79 Å². The molecule has 0 spiro atoms. The Kier molecular flexibility index (Phi) is 5.45. The molecule has 0 bridgehead atoms. The Labute approximate surface area is 102 Å². The van der Waals surface area contributed by atoms with Crippen molar-refractivity contribution in [1.82, 2.24) is 20.3 Å². The van der Waals surface area contributed by atoms with Crippen LogP contribution in [-0.4, -0.2) is 33.5 Å². The molecule has 0 fully saturated rings. The first-order valence-electron chi connectivity index (χ1n) is 6.09. The number of nitrogens with zero attached hydrogens (tertiary/aromatic N) is 3. The van der Waals surface area contributed by atoms with Gasteiger partial charge in [0.1, 0.15) is 5.82 Å². The lowest BCUT2D eigenvalue weighted by Gasteiger charge is -2.11. The Morgan fingerprint density at radius 3 is 2.94 bits per heavy atom. The van der Waals surface area contributed by atoms with Gasteiger partial charge in [0, 0.05) is 25.6 Å². The second kappa shape index (κ2) is 6.88. The van der Waals surface area contributed by atoms with Crippen LogP contribution in [0.2, 0.25) is 0 Å². The van der Waals surface area contributed by atoms with Crippen LogP contribution in [0.3, 0.4) is 0 Å². The highest BCUT2D eigenvalue weighted by atomic mass is 16.1. The summed E-state index contributed by atoms with van der Waals surface area (Å²) >= 11 is 0. The fourth-order valence-electron chi connectivity index (χ4n) is 1.38. The number of anilines is 1. The summed E-state index contributed by atoms with van der Waals surface area (Å²) < 4.78 is 1.76. The Balaban J connectivity index is 2.26. The van der Waals surface area contributed by atoms with Crippen molar-refractivity contribution >= 4 is 11.7 Å². The van der Waals surface area contributed by atoms with E-state index in [1.54, 1.807) is 10.9 Å². The molecule has 1 aromatic heterocycles. The number of carbonyl (C=O) groups is 1. The molecule has 1 rings (SSSR count). The van der Waals surface area contributed by atoms with E-state index in [4.69, 9.17) is 0 Å². The fourth-order valence-corrected chi connectivity index (χ4v) is 1.38. The maximum atomic E-state index is 11.5. The van der Waals surface area contributed by atoms with Gasteiger partial charge in [-0.05, 0) is 20.3 Å². The number of amides is 1. The van der Waals surface area contributed by atoms with Gasteiger partial charge in [-0.1, -0.05) is 12.1 Å². The van der Waals surface area contributed by atoms with E-state index in [1.165, 1.54) is 0 Å². The minimum absolute atomic E-state index is 0.0716. The van der Waals surface area contributed by atoms with Gasteiger partial charge in [0.25, 0.3) is 0 Å². The van der Waals surface area contributed by atoms with Crippen LogP contribution >= 0.6 is 0 Å². The number of aromatic nitrogens is 3. The van der Waals surface area contributed by atoms with Crippen LogP contribution in [-0.2, 0) is 11.3 Å². The average Bonchev–Trinajstić information content (AvgIpc) is 2.76. The van der Waals surface area contributed by atoms with E-state index < -0.39 is 0 Å². The van der Waals surface area contributed by atoms with Gasteiger partial charge in [-0.3, -0.25) is 4.79 Å². The number of hydrogen-bond donors (Lipinski definition) is 2. The number of carbonyl (C=O) groups excluding carboxylic acids is 1. The van der Waals surface area contributed by atoms with Gasteiger partial charge in [0.15, 0.2) is 0 Å². The largest absolute Gasteiger partial charge is 0.368 e. The molecule has 0 aliphatic carbocycles. The highest BCUT2D eigenvalue weighted by Crippen LogP contribution is 2.02. The predicted molar refractivity (Wildman–Crippen MR) is 66.7 cm³/mol. The second-order valence-electron chi connectivity index (χ2n) is 3.99. The molecule has 1 amide bonds. The maximum Gasteiger partial charge on any atom is 0.221 e. The van der Waals surface area contributed by atoms with Crippen LogP contribution in [0.1, 0.15) is 33.6 Å². The van der Waals surface area contributed by atoms with Crippen molar-refractivity contribution in [2.75, 3.05) is 11.9 Å². The molecule has 0 aromatic carbocycles. The monoisotopic (exact) mass is 239 g/mol. The fraction of sp³-hybridized carbons (Fsp3) is 0.727. The van der Waals surface area contributed by atoms with Crippen LogP contribution in [0.5, 0.6) is 0 Å². The first kappa shape index (κ1) is 13.5. The van der Waals surface area contributed by atoms with Gasteiger partial charge >= 0.3 is 0 Å². The number of aryl methyl sites for hydroxylation is 1. The van der Waals surface area contributed by atoms with Crippen molar-refractivity contribution in [2.45, 2.75) is 46.2 Å². The maximum absolute atomic E-state index is 11.5. The van der Waals surface area contributed by atoms with Crippen molar-refractivity contribution in [3.8, 4) is 0 Å². The first-order chi connectivity index (χ1) is 8.17. The van der Waals surface area contributed by atoms with Gasteiger partial charge in [0.05, 0.1) is 6.20 Å². The molecule has 2 N–H and O–H groups in total. The number of rotatable bonds is 7. The van der Waals surface area contributed by atoms with E-state index in [1.807, 2.05) is 13.8 Å². The molecule has 1 unspecified atom stereocenters. The third kappa shape index (κ3) is 4.42. The van der Waals surface area contributed by atoms with Crippen molar-refractivity contribution < 1.29 is 4.79 Å². The third-order valence-electron chi connectivity index (χ3n) is 2.60. The molecule has 0 aliphatic heterocycles. The summed E-state index contributed by atoms with van der Waals surface area (Å²) in [6.45, 7) is 7.41. The average molecular weight is 239 g/mol. The molecule has 1 heterocycles. The van der Waals surface area contributed by atoms with Gasteiger partial charge < -0.3 is 10.6 Å². The van der Waals surface area contributed by atoms with Gasteiger partial charge in [-0.2, -0.15) is 0 Å². The topological polar surface area (TPSA) is 71.8 Å². The lowest BCUT2D eigenvalue weighted by atomic mass is 10.2. The van der Waals surface area contributed by atoms with E-state index in [0.29, 0.717) is 13.0 Å². The summed E-state index contributed by atoms with van der Waals surface area (Å²) in [6, 6.07) is 0.241. The third-order valence-corrected chi connectivity index (χ3v) is 2.60. The van der Waals surface area contributed by atoms with Crippen molar-refractivity contribution in [3.05, 3.63) is 6.20 Å². The summed E-state index contributed by atoms with van der Waals surface area (Å²) in [6.07, 6.45) is 3.07. The summed E-state index contributed by atoms with van der Waals surface area (Å²) in [5.41, 5.74) is 0. The lowest BCUT2D eigenvalue weighted by Crippen LogP contribution is -2.33. The molecule has 96 valence electrons. The highest BCUT2D eigenvalue weighted by molar-refractivity contribution is 5.76. The summed E-state index contributed by atoms with van der Waals surface area (Å²) in [5.74, 6) is 0.922. The van der Waals surface area contributed by atoms with E-state index in [0.717, 1.165) is 18.8 Å². The summed E-state index contributed by atoms with van der Waals surface area (Å²) in [5, 5.41) is 13.8. The Hall–Kier alpha value is -1.59. The normalized spacial score (nSPS) is 12.2. The van der Waals surface area contributed by atoms with E-state index in [2.05, 4.69) is 27.9 Å². The van der Waals surface area contributed by atoms with Crippen LogP contribution < -0.4 is 10.6 Å². The zero-order valence-corrected chi connectivity index (χ0v) is 10.7. The van der Waals surface area contributed by atoms with Crippen molar-refractivity contribution in [2.24, 2.45) is 0 Å². The molecule has 0 radical (unpaired) electrons. The minimum atomic E-state index is 0.0716. The molecule has 17 heavy (non-hydrogen) atoms. The highest BCUT2D eigenvalue weighted by Gasteiger charge is 2.06. The molecular weight excluding hydrogens is 218 g/mol. The molecular formula is C11H21N5O. The predicted octanol–water partition coefficient (Wildman–Crippen LogP) is 1.01. The SMILES string of the molecule is CCC(C)NC(=O)CCNc1cnnn1CC. The van der Waals surface area contributed by atoms with Crippen molar-refractivity contribution in [1.29, 1.82) is 0 Å². The van der Waals surface area contributed by atoms with Gasteiger partial charge in [0.2, 0.25) is 5.91 Å². The molecule has 6 heteroatoms. The smallest absolute Gasteiger partial charge is 0.221 e. The number of nitrogens with one attached hydrogen (secondary N) is 2. The van der Waals surface area contributed by atoms with Gasteiger partial charge in [-0.15, -0.1) is 5.10 Å². The summed E-state index contributed by atoms with van der Waals surface area (Å²) in [7, 11) is 0. The Bertz CT molecular complexity index is 349. The zero-order chi connectivity index (χ0) is 12.7. The van der Waals surface area contributed by atoms with Crippen LogP contribution in [0.25, 0.3) is 0 Å². The Morgan fingerprint density at radius 2 is 2.29 bits per heavy atom. The van der Waals surface area contributed by atoms with Crippen LogP contribution in [0.4, 0.5) is 5.82 Å². The minimum Gasteiger partial charge on any atom is -0.368 e. The van der Waals surface area contributed by atoms with E-state index >= 15 is 0 Å². The molecule has 0 aliphatic rings. The van der Waals surface area contributed by atoms with Crippen LogP contribution in [0, 0.1) is 0 Å². The van der Waals surface area contributed by atoms with Crippen LogP contribution in [0.15, 0.2) is 6.20 Å². The first-order valence-corrected chi connectivity index (χ1v) is 6.09. The molecule has 1 atom stereocenters. The second-order valence-corrected chi connectivity index (χ2v) is 3.99. The van der Waals surface area contributed by atoms with Gasteiger partial charge in [-0.25, -0.2) is 4.68 Å². The number of hydrogen-bond acceptors (Lipinski definition) is 4. The molecule has 0 saturated carbocycles. The quantitative estimate of drug-likeness (QED) is 0.745. The van der Waals surface area contributed by atoms with Crippen molar-refractivity contribution in [3.63, 3.8) is 0 Å². The standard InChI is InChI=1S/C11H21N5O/c1-4-9(3)14-11(17)6-7-12-10-8-13-15-16(10)5-2/h8-9,12H,4-7H2,1-3H3,(H,14,17). The molecule has 6 nitrogen and oxygen atoms in total. The molecule has 0 saturated heterocycles.